The minimum atomic E-state index is -4.49. The van der Waals surface area contributed by atoms with Crippen LogP contribution in [0, 0.1) is 5.92 Å². The topological polar surface area (TPSA) is 52.3 Å². The quantitative estimate of drug-likeness (QED) is 0.865. The Balaban J connectivity index is 3.09. The first-order valence-corrected chi connectivity index (χ1v) is 6.35. The summed E-state index contributed by atoms with van der Waals surface area (Å²) in [5, 5.41) is 0.0849. The van der Waals surface area contributed by atoms with Crippen molar-refractivity contribution in [2.75, 3.05) is 6.61 Å². The van der Waals surface area contributed by atoms with Crippen LogP contribution >= 0.6 is 11.6 Å². The van der Waals surface area contributed by atoms with Gasteiger partial charge in [0, 0.05) is 11.1 Å². The van der Waals surface area contributed by atoms with Crippen molar-refractivity contribution < 1.29 is 22.7 Å². The molecule has 0 saturated carbocycles. The fourth-order valence-corrected chi connectivity index (χ4v) is 1.91. The number of halogens is 4. The van der Waals surface area contributed by atoms with Gasteiger partial charge in [0.05, 0.1) is 18.1 Å². The van der Waals surface area contributed by atoms with E-state index in [4.69, 9.17) is 22.1 Å². The molecule has 1 aromatic carbocycles. The minimum Gasteiger partial charge on any atom is -0.466 e. The van der Waals surface area contributed by atoms with E-state index in [1.807, 2.05) is 0 Å². The summed E-state index contributed by atoms with van der Waals surface area (Å²) in [6.07, 6.45) is -4.49. The summed E-state index contributed by atoms with van der Waals surface area (Å²) in [4.78, 5) is 11.6. The van der Waals surface area contributed by atoms with Crippen LogP contribution in [0.3, 0.4) is 0 Å². The number of ether oxygens (including phenoxy) is 1. The standard InChI is InChI=1S/C13H15ClF3NO2/c1-3-20-12(19)7(2)11(18)9-6-8(13(15,16)17)4-5-10(9)14/h4-7,11H,3,18H2,1-2H3/t7-,11+/m1/s1. The molecule has 1 aromatic rings. The maximum absolute atomic E-state index is 12.7. The largest absolute Gasteiger partial charge is 0.466 e. The Bertz CT molecular complexity index is 491. The first-order chi connectivity index (χ1) is 9.18. The number of rotatable bonds is 4. The van der Waals surface area contributed by atoms with Gasteiger partial charge in [-0.3, -0.25) is 4.79 Å². The number of benzene rings is 1. The number of carbonyl (C=O) groups excluding carboxylic acids is 1. The van der Waals surface area contributed by atoms with Crippen molar-refractivity contribution >= 4 is 17.6 Å². The average molecular weight is 310 g/mol. The molecule has 0 unspecified atom stereocenters. The molecule has 0 saturated heterocycles. The molecule has 0 aromatic heterocycles. The van der Waals surface area contributed by atoms with E-state index in [9.17, 15) is 18.0 Å². The molecule has 20 heavy (non-hydrogen) atoms. The molecule has 0 aliphatic heterocycles. The van der Waals surface area contributed by atoms with Crippen LogP contribution in [0.25, 0.3) is 0 Å². The van der Waals surface area contributed by atoms with Gasteiger partial charge in [-0.05, 0) is 30.7 Å². The third-order valence-electron chi connectivity index (χ3n) is 2.88. The van der Waals surface area contributed by atoms with Gasteiger partial charge in [0.2, 0.25) is 0 Å². The van der Waals surface area contributed by atoms with Crippen molar-refractivity contribution in [3.05, 3.63) is 34.3 Å². The predicted octanol–water partition coefficient (Wildman–Crippen LogP) is 3.56. The smallest absolute Gasteiger partial charge is 0.416 e. The zero-order valence-corrected chi connectivity index (χ0v) is 11.8. The highest BCUT2D eigenvalue weighted by Gasteiger charge is 2.33. The fraction of sp³-hybridized carbons (Fsp3) is 0.462. The molecule has 7 heteroatoms. The van der Waals surface area contributed by atoms with Crippen molar-refractivity contribution in [3.8, 4) is 0 Å². The molecular formula is C13H15ClF3NO2. The lowest BCUT2D eigenvalue weighted by molar-refractivity contribution is -0.148. The Morgan fingerprint density at radius 1 is 1.45 bits per heavy atom. The average Bonchev–Trinajstić information content (AvgIpc) is 2.36. The lowest BCUT2D eigenvalue weighted by Crippen LogP contribution is -2.28. The Labute approximate surface area is 119 Å². The highest BCUT2D eigenvalue weighted by molar-refractivity contribution is 6.31. The molecule has 0 bridgehead atoms. The van der Waals surface area contributed by atoms with E-state index in [0.717, 1.165) is 18.2 Å². The zero-order chi connectivity index (χ0) is 15.5. The lowest BCUT2D eigenvalue weighted by atomic mass is 9.94. The van der Waals surface area contributed by atoms with E-state index in [1.54, 1.807) is 6.92 Å². The van der Waals surface area contributed by atoms with Crippen molar-refractivity contribution in [3.63, 3.8) is 0 Å². The number of alkyl halides is 3. The van der Waals surface area contributed by atoms with Gasteiger partial charge in [0.25, 0.3) is 0 Å². The van der Waals surface area contributed by atoms with Crippen LogP contribution < -0.4 is 5.73 Å². The van der Waals surface area contributed by atoms with Gasteiger partial charge < -0.3 is 10.5 Å². The molecule has 1 rings (SSSR count). The first kappa shape index (κ1) is 16.8. The molecule has 2 atom stereocenters. The van der Waals surface area contributed by atoms with Gasteiger partial charge in [-0.15, -0.1) is 0 Å². The van der Waals surface area contributed by atoms with Gasteiger partial charge in [-0.1, -0.05) is 18.5 Å². The number of hydrogen-bond acceptors (Lipinski definition) is 3. The van der Waals surface area contributed by atoms with Crippen LogP contribution in [0.15, 0.2) is 18.2 Å². The van der Waals surface area contributed by atoms with Crippen molar-refractivity contribution in [1.82, 2.24) is 0 Å². The number of esters is 1. The summed E-state index contributed by atoms with van der Waals surface area (Å²) in [6, 6.07) is 1.89. The van der Waals surface area contributed by atoms with Gasteiger partial charge >= 0.3 is 12.1 Å². The molecule has 0 fully saturated rings. The fourth-order valence-electron chi connectivity index (χ4n) is 1.67. The highest BCUT2D eigenvalue weighted by atomic mass is 35.5. The highest BCUT2D eigenvalue weighted by Crippen LogP contribution is 2.35. The van der Waals surface area contributed by atoms with E-state index >= 15 is 0 Å². The summed E-state index contributed by atoms with van der Waals surface area (Å²) in [7, 11) is 0. The maximum Gasteiger partial charge on any atom is 0.416 e. The van der Waals surface area contributed by atoms with Gasteiger partial charge in [0.1, 0.15) is 0 Å². The van der Waals surface area contributed by atoms with E-state index < -0.39 is 29.7 Å². The second-order valence-corrected chi connectivity index (χ2v) is 4.71. The summed E-state index contributed by atoms with van der Waals surface area (Å²) >= 11 is 5.87. The molecule has 0 radical (unpaired) electrons. The molecule has 0 amide bonds. The van der Waals surface area contributed by atoms with Crippen LogP contribution in [0.5, 0.6) is 0 Å². The van der Waals surface area contributed by atoms with Crippen LogP contribution in [-0.2, 0) is 15.7 Å². The van der Waals surface area contributed by atoms with Crippen LogP contribution in [-0.4, -0.2) is 12.6 Å². The first-order valence-electron chi connectivity index (χ1n) is 5.97. The SMILES string of the molecule is CCOC(=O)[C@H](C)[C@H](N)c1cc(C(F)(F)F)ccc1Cl. The second kappa shape index (κ2) is 6.45. The summed E-state index contributed by atoms with van der Waals surface area (Å²) in [6.45, 7) is 3.29. The Morgan fingerprint density at radius 2 is 2.05 bits per heavy atom. The Morgan fingerprint density at radius 3 is 2.55 bits per heavy atom. The predicted molar refractivity (Wildman–Crippen MR) is 69.2 cm³/mol. The molecule has 112 valence electrons. The molecule has 0 spiro atoms. The molecule has 0 heterocycles. The Kier molecular flexibility index (Phi) is 5.42. The monoisotopic (exact) mass is 309 g/mol. The van der Waals surface area contributed by atoms with E-state index in [0.29, 0.717) is 0 Å². The summed E-state index contributed by atoms with van der Waals surface area (Å²) in [5.74, 6) is -1.37. The second-order valence-electron chi connectivity index (χ2n) is 4.30. The number of carbonyl (C=O) groups is 1. The van der Waals surface area contributed by atoms with Gasteiger partial charge in [-0.2, -0.15) is 13.2 Å². The van der Waals surface area contributed by atoms with Gasteiger partial charge in [0.15, 0.2) is 0 Å². The zero-order valence-electron chi connectivity index (χ0n) is 11.0. The Hall–Kier alpha value is -1.27. The van der Waals surface area contributed by atoms with Crippen LogP contribution in [0.2, 0.25) is 5.02 Å². The van der Waals surface area contributed by atoms with E-state index in [2.05, 4.69) is 0 Å². The number of nitrogens with two attached hydrogens (primary N) is 1. The lowest BCUT2D eigenvalue weighted by Gasteiger charge is -2.21. The van der Waals surface area contributed by atoms with Gasteiger partial charge in [-0.25, -0.2) is 0 Å². The summed E-state index contributed by atoms with van der Waals surface area (Å²) < 4.78 is 42.8. The number of hydrogen-bond donors (Lipinski definition) is 1. The van der Waals surface area contributed by atoms with Crippen molar-refractivity contribution in [1.29, 1.82) is 0 Å². The minimum absolute atomic E-state index is 0.0713. The normalized spacial score (nSPS) is 14.8. The molecule has 3 nitrogen and oxygen atoms in total. The molecule has 2 N–H and O–H groups in total. The molecule has 0 aliphatic carbocycles. The summed E-state index contributed by atoms with van der Waals surface area (Å²) in [5.41, 5.74) is 5.04. The maximum atomic E-state index is 12.7. The third-order valence-corrected chi connectivity index (χ3v) is 3.22. The van der Waals surface area contributed by atoms with Crippen molar-refractivity contribution in [2.45, 2.75) is 26.1 Å². The van der Waals surface area contributed by atoms with E-state index in [-0.39, 0.29) is 17.2 Å². The van der Waals surface area contributed by atoms with Crippen molar-refractivity contribution in [2.24, 2.45) is 11.7 Å². The third kappa shape index (κ3) is 3.86. The van der Waals surface area contributed by atoms with Crippen LogP contribution in [0.1, 0.15) is 31.0 Å². The van der Waals surface area contributed by atoms with E-state index in [1.165, 1.54) is 6.92 Å². The molecule has 0 aliphatic rings. The van der Waals surface area contributed by atoms with Crippen LogP contribution in [0.4, 0.5) is 13.2 Å². The molecular weight excluding hydrogens is 295 g/mol.